The Morgan fingerprint density at radius 1 is 1.25 bits per heavy atom. The summed E-state index contributed by atoms with van der Waals surface area (Å²) in [5.74, 6) is -4.11. The summed E-state index contributed by atoms with van der Waals surface area (Å²) in [5.41, 5.74) is 0.403. The van der Waals surface area contributed by atoms with E-state index in [9.17, 15) is 18.7 Å². The third-order valence-corrected chi connectivity index (χ3v) is 4.10. The van der Waals surface area contributed by atoms with Gasteiger partial charge in [0.25, 0.3) is 0 Å². The molecule has 2 aromatic carbocycles. The van der Waals surface area contributed by atoms with Gasteiger partial charge in [-0.3, -0.25) is 4.79 Å². The Morgan fingerprint density at radius 2 is 1.96 bits per heavy atom. The third kappa shape index (κ3) is 3.04. The Balaban J connectivity index is 1.78. The Bertz CT molecular complexity index is 761. The van der Waals surface area contributed by atoms with E-state index in [0.717, 1.165) is 6.07 Å². The second-order valence-corrected chi connectivity index (χ2v) is 5.70. The summed E-state index contributed by atoms with van der Waals surface area (Å²) in [6.07, 6.45) is 0.569. The summed E-state index contributed by atoms with van der Waals surface area (Å²) in [5, 5.41) is 9.99. The molecule has 1 fully saturated rings. The lowest BCUT2D eigenvalue weighted by Crippen LogP contribution is -2.09. The fourth-order valence-electron chi connectivity index (χ4n) is 2.62. The van der Waals surface area contributed by atoms with E-state index in [-0.39, 0.29) is 30.0 Å². The number of rotatable bonds is 5. The smallest absolute Gasteiger partial charge is 0.309 e. The standard InChI is InChI=1S/C18H16F2O4/c1-23-18(22)13-7-11(13)9-24-17-14(21)8-12(15(19)16(17)20)10-5-3-2-4-6-10/h2-6,8,11,13,21H,7,9H2,1H3/t11-,13+/m0/s1. The predicted molar refractivity (Wildman–Crippen MR) is 82.6 cm³/mol. The molecule has 0 spiro atoms. The van der Waals surface area contributed by atoms with Gasteiger partial charge in [-0.15, -0.1) is 0 Å². The summed E-state index contributed by atoms with van der Waals surface area (Å²) in [4.78, 5) is 11.3. The summed E-state index contributed by atoms with van der Waals surface area (Å²) >= 11 is 0. The largest absolute Gasteiger partial charge is 0.504 e. The van der Waals surface area contributed by atoms with Crippen molar-refractivity contribution in [2.24, 2.45) is 11.8 Å². The fraction of sp³-hybridized carbons (Fsp3) is 0.278. The molecule has 1 saturated carbocycles. The van der Waals surface area contributed by atoms with E-state index in [1.54, 1.807) is 30.3 Å². The SMILES string of the molecule is COC(=O)[C@@H]1C[C@H]1COc1c(O)cc(-c2ccccc2)c(F)c1F. The van der Waals surface area contributed by atoms with Crippen molar-refractivity contribution >= 4 is 5.97 Å². The van der Waals surface area contributed by atoms with E-state index in [1.165, 1.54) is 7.11 Å². The molecule has 0 aliphatic heterocycles. The van der Waals surface area contributed by atoms with Crippen molar-refractivity contribution < 1.29 is 28.2 Å². The van der Waals surface area contributed by atoms with Crippen LogP contribution in [0.4, 0.5) is 8.78 Å². The number of ether oxygens (including phenoxy) is 2. The van der Waals surface area contributed by atoms with Crippen LogP contribution in [0, 0.1) is 23.5 Å². The number of aromatic hydroxyl groups is 1. The molecule has 1 aliphatic carbocycles. The number of phenols is 1. The quantitative estimate of drug-likeness (QED) is 0.850. The number of hydrogen-bond donors (Lipinski definition) is 1. The number of methoxy groups -OCH3 is 1. The van der Waals surface area contributed by atoms with Gasteiger partial charge in [0.15, 0.2) is 17.3 Å². The van der Waals surface area contributed by atoms with Crippen LogP contribution in [0.3, 0.4) is 0 Å². The molecule has 0 radical (unpaired) electrons. The van der Waals surface area contributed by atoms with Gasteiger partial charge in [-0.05, 0) is 18.1 Å². The van der Waals surface area contributed by atoms with Crippen molar-refractivity contribution in [1.82, 2.24) is 0 Å². The molecule has 1 N–H and O–H groups in total. The van der Waals surface area contributed by atoms with Crippen LogP contribution in [0.5, 0.6) is 11.5 Å². The molecule has 0 saturated heterocycles. The van der Waals surface area contributed by atoms with Crippen molar-refractivity contribution in [2.45, 2.75) is 6.42 Å². The lowest BCUT2D eigenvalue weighted by molar-refractivity contribution is -0.142. The Morgan fingerprint density at radius 3 is 2.62 bits per heavy atom. The maximum atomic E-state index is 14.3. The zero-order chi connectivity index (χ0) is 17.3. The second-order valence-electron chi connectivity index (χ2n) is 5.70. The number of halogens is 2. The van der Waals surface area contributed by atoms with Crippen molar-refractivity contribution in [2.75, 3.05) is 13.7 Å². The third-order valence-electron chi connectivity index (χ3n) is 4.10. The summed E-state index contributed by atoms with van der Waals surface area (Å²) in [6, 6.07) is 9.49. The van der Waals surface area contributed by atoms with Crippen LogP contribution in [-0.2, 0) is 9.53 Å². The molecule has 1 aliphatic rings. The topological polar surface area (TPSA) is 55.8 Å². The van der Waals surface area contributed by atoms with Gasteiger partial charge in [-0.25, -0.2) is 4.39 Å². The number of benzene rings is 2. The fourth-order valence-corrected chi connectivity index (χ4v) is 2.62. The van der Waals surface area contributed by atoms with Gasteiger partial charge >= 0.3 is 5.97 Å². The normalized spacial score (nSPS) is 19.0. The molecule has 126 valence electrons. The van der Waals surface area contributed by atoms with Gasteiger partial charge in [-0.2, -0.15) is 4.39 Å². The van der Waals surface area contributed by atoms with Gasteiger partial charge < -0.3 is 14.6 Å². The first kappa shape index (κ1) is 16.2. The van der Waals surface area contributed by atoms with Crippen molar-refractivity contribution in [3.63, 3.8) is 0 Å². The number of carbonyl (C=O) groups is 1. The molecule has 0 bridgehead atoms. The molecule has 6 heteroatoms. The van der Waals surface area contributed by atoms with Crippen LogP contribution >= 0.6 is 0 Å². The highest BCUT2D eigenvalue weighted by molar-refractivity contribution is 5.75. The maximum absolute atomic E-state index is 14.3. The molecular weight excluding hydrogens is 318 g/mol. The molecule has 0 aromatic heterocycles. The van der Waals surface area contributed by atoms with E-state index in [4.69, 9.17) is 4.74 Å². The number of phenolic OH excluding ortho intramolecular Hbond substituents is 1. The van der Waals surface area contributed by atoms with E-state index in [0.29, 0.717) is 12.0 Å². The first-order valence-corrected chi connectivity index (χ1v) is 7.50. The van der Waals surface area contributed by atoms with E-state index >= 15 is 0 Å². The summed E-state index contributed by atoms with van der Waals surface area (Å²) in [7, 11) is 1.29. The minimum absolute atomic E-state index is 0.00830. The molecule has 0 amide bonds. The average molecular weight is 334 g/mol. The van der Waals surface area contributed by atoms with Crippen LogP contribution in [-0.4, -0.2) is 24.8 Å². The molecule has 0 unspecified atom stereocenters. The molecule has 2 aromatic rings. The number of carbonyl (C=O) groups excluding carboxylic acids is 1. The first-order valence-electron chi connectivity index (χ1n) is 7.50. The highest BCUT2D eigenvalue weighted by Gasteiger charge is 2.44. The first-order chi connectivity index (χ1) is 11.5. The van der Waals surface area contributed by atoms with Gasteiger partial charge in [0.05, 0.1) is 19.6 Å². The van der Waals surface area contributed by atoms with Gasteiger partial charge in [0, 0.05) is 11.5 Å². The van der Waals surface area contributed by atoms with Crippen LogP contribution in [0.1, 0.15) is 6.42 Å². The monoisotopic (exact) mass is 334 g/mol. The Kier molecular flexibility index (Phi) is 4.38. The highest BCUT2D eigenvalue weighted by atomic mass is 19.2. The van der Waals surface area contributed by atoms with Crippen LogP contribution in [0.25, 0.3) is 11.1 Å². The van der Waals surface area contributed by atoms with Crippen molar-refractivity contribution in [3.05, 3.63) is 48.0 Å². The zero-order valence-electron chi connectivity index (χ0n) is 13.0. The van der Waals surface area contributed by atoms with Crippen molar-refractivity contribution in [1.29, 1.82) is 0 Å². The van der Waals surface area contributed by atoms with Gasteiger partial charge in [0.2, 0.25) is 5.82 Å². The van der Waals surface area contributed by atoms with Gasteiger partial charge in [0.1, 0.15) is 0 Å². The minimum Gasteiger partial charge on any atom is -0.504 e. The van der Waals surface area contributed by atoms with E-state index < -0.39 is 23.1 Å². The molecule has 24 heavy (non-hydrogen) atoms. The highest BCUT2D eigenvalue weighted by Crippen LogP contribution is 2.42. The molecule has 3 rings (SSSR count). The average Bonchev–Trinajstić information content (AvgIpc) is 3.37. The predicted octanol–water partition coefficient (Wildman–Crippen LogP) is 3.53. The lowest BCUT2D eigenvalue weighted by Gasteiger charge is -2.12. The Hall–Kier alpha value is -2.63. The molecular formula is C18H16F2O4. The molecule has 2 atom stereocenters. The maximum Gasteiger partial charge on any atom is 0.309 e. The Labute approximate surface area is 137 Å². The summed E-state index contributed by atoms with van der Waals surface area (Å²) in [6.45, 7) is 0.00830. The van der Waals surface area contributed by atoms with E-state index in [1.807, 2.05) is 0 Å². The second kappa shape index (κ2) is 6.47. The van der Waals surface area contributed by atoms with Crippen LogP contribution in [0.2, 0.25) is 0 Å². The van der Waals surface area contributed by atoms with Crippen molar-refractivity contribution in [3.8, 4) is 22.6 Å². The van der Waals surface area contributed by atoms with Crippen LogP contribution in [0.15, 0.2) is 36.4 Å². The lowest BCUT2D eigenvalue weighted by atomic mass is 10.0. The van der Waals surface area contributed by atoms with E-state index in [2.05, 4.69) is 4.74 Å². The zero-order valence-corrected chi connectivity index (χ0v) is 13.0. The van der Waals surface area contributed by atoms with Gasteiger partial charge in [-0.1, -0.05) is 30.3 Å². The number of hydrogen-bond acceptors (Lipinski definition) is 4. The summed E-state index contributed by atoms with van der Waals surface area (Å²) < 4.78 is 38.4. The molecule has 4 nitrogen and oxygen atoms in total. The van der Waals surface area contributed by atoms with Crippen LogP contribution < -0.4 is 4.74 Å². The number of esters is 1. The molecule has 0 heterocycles. The minimum atomic E-state index is -1.25.